The molecule has 1 heterocycles. The summed E-state index contributed by atoms with van der Waals surface area (Å²) in [7, 11) is 1.62. The molecular formula is C15H22F2N2O. The van der Waals surface area contributed by atoms with Crippen LogP contribution < -0.4 is 10.1 Å². The predicted molar refractivity (Wildman–Crippen MR) is 75.5 cm³/mol. The Balaban J connectivity index is 2.22. The fourth-order valence-corrected chi connectivity index (χ4v) is 2.77. The zero-order chi connectivity index (χ0) is 14.5. The number of rotatable bonds is 5. The van der Waals surface area contributed by atoms with Crippen LogP contribution in [0.5, 0.6) is 5.75 Å². The highest BCUT2D eigenvalue weighted by Crippen LogP contribution is 2.30. The molecule has 1 aliphatic heterocycles. The second kappa shape index (κ2) is 6.99. The first-order valence-electron chi connectivity index (χ1n) is 6.99. The molecule has 1 aromatic carbocycles. The summed E-state index contributed by atoms with van der Waals surface area (Å²) in [5.41, 5.74) is 1.94. The van der Waals surface area contributed by atoms with Crippen molar-refractivity contribution in [1.29, 1.82) is 0 Å². The number of nitrogens with one attached hydrogen (secondary N) is 1. The van der Waals surface area contributed by atoms with E-state index in [9.17, 15) is 8.78 Å². The van der Waals surface area contributed by atoms with Crippen LogP contribution in [0.2, 0.25) is 0 Å². The maximum absolute atomic E-state index is 12.9. The van der Waals surface area contributed by atoms with Gasteiger partial charge in [-0.25, -0.2) is 8.78 Å². The highest BCUT2D eigenvalue weighted by Gasteiger charge is 2.25. The normalized spacial score (nSPS) is 18.2. The number of benzene rings is 1. The quantitative estimate of drug-likeness (QED) is 0.899. The lowest BCUT2D eigenvalue weighted by Gasteiger charge is -2.35. The van der Waals surface area contributed by atoms with Crippen LogP contribution in [0.1, 0.15) is 23.6 Å². The third-order valence-electron chi connectivity index (χ3n) is 3.80. The number of methoxy groups -OCH3 is 1. The number of hydrogen-bond donors (Lipinski definition) is 1. The lowest BCUT2D eigenvalue weighted by molar-refractivity contribution is 0.0739. The van der Waals surface area contributed by atoms with Crippen LogP contribution in [0, 0.1) is 6.92 Å². The van der Waals surface area contributed by atoms with E-state index in [2.05, 4.69) is 10.2 Å². The molecule has 1 saturated heterocycles. The van der Waals surface area contributed by atoms with E-state index in [-0.39, 0.29) is 12.5 Å². The van der Waals surface area contributed by atoms with E-state index in [1.165, 1.54) is 0 Å². The molecule has 2 rings (SSSR count). The van der Waals surface area contributed by atoms with E-state index in [0.717, 1.165) is 43.1 Å². The summed E-state index contributed by atoms with van der Waals surface area (Å²) < 4.78 is 31.0. The van der Waals surface area contributed by atoms with Crippen LogP contribution in [-0.4, -0.2) is 44.6 Å². The van der Waals surface area contributed by atoms with Crippen molar-refractivity contribution in [3.8, 4) is 5.75 Å². The van der Waals surface area contributed by atoms with Gasteiger partial charge in [-0.05, 0) is 24.1 Å². The van der Waals surface area contributed by atoms with Crippen molar-refractivity contribution < 1.29 is 13.5 Å². The van der Waals surface area contributed by atoms with Crippen LogP contribution in [0.4, 0.5) is 8.78 Å². The number of nitrogens with zero attached hydrogens (tertiary/aromatic N) is 1. The van der Waals surface area contributed by atoms with Crippen molar-refractivity contribution in [1.82, 2.24) is 10.2 Å². The molecule has 0 radical (unpaired) electrons. The Morgan fingerprint density at radius 1 is 1.30 bits per heavy atom. The second-order valence-corrected chi connectivity index (χ2v) is 5.16. The number of piperazine rings is 1. The Bertz CT molecular complexity index is 434. The Labute approximate surface area is 118 Å². The van der Waals surface area contributed by atoms with Gasteiger partial charge in [0.1, 0.15) is 5.75 Å². The first-order chi connectivity index (χ1) is 9.61. The predicted octanol–water partition coefficient (Wildman–Crippen LogP) is 2.61. The minimum absolute atomic E-state index is 0.119. The molecule has 1 N–H and O–H groups in total. The minimum Gasteiger partial charge on any atom is -0.496 e. The maximum atomic E-state index is 12.9. The van der Waals surface area contributed by atoms with E-state index in [1.54, 1.807) is 7.11 Å². The van der Waals surface area contributed by atoms with Crippen LogP contribution in [-0.2, 0) is 0 Å². The van der Waals surface area contributed by atoms with Gasteiger partial charge < -0.3 is 10.1 Å². The zero-order valence-corrected chi connectivity index (χ0v) is 12.0. The molecule has 0 bridgehead atoms. The number of hydrogen-bond acceptors (Lipinski definition) is 3. The van der Waals surface area contributed by atoms with E-state index >= 15 is 0 Å². The van der Waals surface area contributed by atoms with E-state index in [0.29, 0.717) is 0 Å². The Morgan fingerprint density at radius 2 is 2.00 bits per heavy atom. The standard InChI is InChI=1S/C15H22F2N2O/c1-11-9-12(3-4-14(11)20-2)13(10-15(16)17)19-7-5-18-6-8-19/h3-4,9,13,15,18H,5-8,10H2,1-2H3/t13-/m1/s1. The van der Waals surface area contributed by atoms with Gasteiger partial charge in [-0.1, -0.05) is 12.1 Å². The summed E-state index contributed by atoms with van der Waals surface area (Å²) >= 11 is 0. The Hall–Kier alpha value is -1.20. The zero-order valence-electron chi connectivity index (χ0n) is 12.0. The first-order valence-corrected chi connectivity index (χ1v) is 6.99. The largest absolute Gasteiger partial charge is 0.496 e. The summed E-state index contributed by atoms with van der Waals surface area (Å²) in [6.07, 6.45) is -2.41. The van der Waals surface area contributed by atoms with E-state index < -0.39 is 6.43 Å². The molecule has 1 aromatic rings. The van der Waals surface area contributed by atoms with Crippen LogP contribution in [0.25, 0.3) is 0 Å². The van der Waals surface area contributed by atoms with Gasteiger partial charge in [0.25, 0.3) is 0 Å². The van der Waals surface area contributed by atoms with E-state index in [4.69, 9.17) is 4.74 Å². The van der Waals surface area contributed by atoms with Gasteiger partial charge in [0.2, 0.25) is 6.43 Å². The fourth-order valence-electron chi connectivity index (χ4n) is 2.77. The molecule has 0 aromatic heterocycles. The highest BCUT2D eigenvalue weighted by atomic mass is 19.3. The van der Waals surface area contributed by atoms with Crippen molar-refractivity contribution in [2.75, 3.05) is 33.3 Å². The van der Waals surface area contributed by atoms with Gasteiger partial charge in [-0.3, -0.25) is 4.90 Å². The van der Waals surface area contributed by atoms with Gasteiger partial charge in [-0.2, -0.15) is 0 Å². The fraction of sp³-hybridized carbons (Fsp3) is 0.600. The minimum atomic E-state index is -2.29. The SMILES string of the molecule is COc1ccc([C@@H](CC(F)F)N2CCNCC2)cc1C. The van der Waals surface area contributed by atoms with Crippen LogP contribution >= 0.6 is 0 Å². The van der Waals surface area contributed by atoms with Crippen molar-refractivity contribution in [3.05, 3.63) is 29.3 Å². The van der Waals surface area contributed by atoms with Crippen molar-refractivity contribution >= 4 is 0 Å². The van der Waals surface area contributed by atoms with Gasteiger partial charge in [-0.15, -0.1) is 0 Å². The van der Waals surface area contributed by atoms with Crippen LogP contribution in [0.3, 0.4) is 0 Å². The van der Waals surface area contributed by atoms with Gasteiger partial charge in [0.05, 0.1) is 7.11 Å². The van der Waals surface area contributed by atoms with Gasteiger partial charge >= 0.3 is 0 Å². The maximum Gasteiger partial charge on any atom is 0.240 e. The molecule has 1 fully saturated rings. The molecule has 1 aliphatic rings. The molecule has 3 nitrogen and oxygen atoms in total. The summed E-state index contributed by atoms with van der Waals surface area (Å²) in [6.45, 7) is 5.27. The average Bonchev–Trinajstić information content (AvgIpc) is 2.45. The lowest BCUT2D eigenvalue weighted by Crippen LogP contribution is -2.45. The van der Waals surface area contributed by atoms with Crippen molar-refractivity contribution in [3.63, 3.8) is 0 Å². The molecular weight excluding hydrogens is 262 g/mol. The average molecular weight is 284 g/mol. The molecule has 0 saturated carbocycles. The third-order valence-corrected chi connectivity index (χ3v) is 3.80. The highest BCUT2D eigenvalue weighted by molar-refractivity contribution is 5.37. The topological polar surface area (TPSA) is 24.5 Å². The van der Waals surface area contributed by atoms with Crippen LogP contribution in [0.15, 0.2) is 18.2 Å². The number of alkyl halides is 2. The molecule has 0 aliphatic carbocycles. The molecule has 0 unspecified atom stereocenters. The summed E-state index contributed by atoms with van der Waals surface area (Å²) in [5, 5.41) is 3.25. The molecule has 1 atom stereocenters. The van der Waals surface area contributed by atoms with Gasteiger partial charge in [0, 0.05) is 38.6 Å². The monoisotopic (exact) mass is 284 g/mol. The second-order valence-electron chi connectivity index (χ2n) is 5.16. The smallest absolute Gasteiger partial charge is 0.240 e. The molecule has 0 spiro atoms. The van der Waals surface area contributed by atoms with Crippen molar-refractivity contribution in [2.45, 2.75) is 25.8 Å². The number of ether oxygens (including phenoxy) is 1. The lowest BCUT2D eigenvalue weighted by atomic mass is 9.99. The third kappa shape index (κ3) is 3.67. The summed E-state index contributed by atoms with van der Waals surface area (Å²) in [4.78, 5) is 2.14. The number of halogens is 2. The van der Waals surface area contributed by atoms with E-state index in [1.807, 2.05) is 25.1 Å². The Kier molecular flexibility index (Phi) is 5.31. The Morgan fingerprint density at radius 3 is 2.55 bits per heavy atom. The molecule has 5 heteroatoms. The number of aryl methyl sites for hydroxylation is 1. The van der Waals surface area contributed by atoms with Gasteiger partial charge in [0.15, 0.2) is 0 Å². The first kappa shape index (κ1) is 15.2. The summed E-state index contributed by atoms with van der Waals surface area (Å²) in [5.74, 6) is 0.796. The molecule has 112 valence electrons. The van der Waals surface area contributed by atoms with Crippen molar-refractivity contribution in [2.24, 2.45) is 0 Å². The molecule has 20 heavy (non-hydrogen) atoms. The summed E-state index contributed by atoms with van der Waals surface area (Å²) in [6, 6.07) is 5.52. The molecule has 0 amide bonds.